The van der Waals surface area contributed by atoms with E-state index >= 15 is 0 Å². The maximum atomic E-state index is 11.5. The molecule has 0 fully saturated rings. The zero-order valence-corrected chi connectivity index (χ0v) is 10.7. The summed E-state index contributed by atoms with van der Waals surface area (Å²) in [5, 5.41) is 9.01. The number of sulfonamides is 1. The average Bonchev–Trinajstić information content (AvgIpc) is 2.63. The standard InChI is InChI=1S/C9H16N4O4S/c1-13-6-11-5-7(13)4-8(9(14)15)12-18(16,17)3-2-10/h5-6,8,12H,2-4,10H2,1H3,(H,14,15)/t8-/m0/s1. The molecule has 0 saturated heterocycles. The molecule has 0 aliphatic heterocycles. The molecule has 1 heterocycles. The van der Waals surface area contributed by atoms with Crippen molar-refractivity contribution in [3.8, 4) is 0 Å². The van der Waals surface area contributed by atoms with E-state index in [2.05, 4.69) is 9.71 Å². The highest BCUT2D eigenvalue weighted by molar-refractivity contribution is 7.89. The monoisotopic (exact) mass is 276 g/mol. The Morgan fingerprint density at radius 2 is 2.33 bits per heavy atom. The number of imidazole rings is 1. The van der Waals surface area contributed by atoms with Crippen LogP contribution >= 0.6 is 0 Å². The molecule has 4 N–H and O–H groups in total. The number of carboxylic acids is 1. The Morgan fingerprint density at radius 3 is 2.78 bits per heavy atom. The van der Waals surface area contributed by atoms with E-state index in [9.17, 15) is 13.2 Å². The van der Waals surface area contributed by atoms with Crippen molar-refractivity contribution in [3.05, 3.63) is 18.2 Å². The minimum Gasteiger partial charge on any atom is -0.480 e. The molecule has 1 aromatic rings. The molecule has 1 aromatic heterocycles. The summed E-state index contributed by atoms with van der Waals surface area (Å²) >= 11 is 0. The number of carboxylic acid groups (broad SMARTS) is 1. The number of rotatable bonds is 7. The van der Waals surface area contributed by atoms with Gasteiger partial charge in [0.25, 0.3) is 0 Å². The highest BCUT2D eigenvalue weighted by Gasteiger charge is 2.24. The molecule has 0 aromatic carbocycles. The molecule has 9 heteroatoms. The summed E-state index contributed by atoms with van der Waals surface area (Å²) in [5.74, 6) is -1.54. The van der Waals surface area contributed by atoms with Crippen molar-refractivity contribution in [1.82, 2.24) is 14.3 Å². The molecule has 0 radical (unpaired) electrons. The third-order valence-corrected chi connectivity index (χ3v) is 3.75. The Kier molecular flexibility index (Phi) is 4.82. The molecule has 8 nitrogen and oxygen atoms in total. The Balaban J connectivity index is 2.79. The van der Waals surface area contributed by atoms with Crippen molar-refractivity contribution in [2.75, 3.05) is 12.3 Å². The van der Waals surface area contributed by atoms with Gasteiger partial charge < -0.3 is 15.4 Å². The topological polar surface area (TPSA) is 127 Å². The fourth-order valence-corrected chi connectivity index (χ4v) is 2.45. The highest BCUT2D eigenvalue weighted by atomic mass is 32.2. The van der Waals surface area contributed by atoms with Crippen LogP contribution in [0.2, 0.25) is 0 Å². The Bertz CT molecular complexity index is 510. The average molecular weight is 276 g/mol. The number of carbonyl (C=O) groups is 1. The van der Waals surface area contributed by atoms with Gasteiger partial charge in [0.1, 0.15) is 6.04 Å². The van der Waals surface area contributed by atoms with Crippen LogP contribution in [0.5, 0.6) is 0 Å². The van der Waals surface area contributed by atoms with Crippen LogP contribution in [-0.4, -0.2) is 47.4 Å². The molecule has 0 saturated carbocycles. The van der Waals surface area contributed by atoms with Crippen molar-refractivity contribution in [1.29, 1.82) is 0 Å². The highest BCUT2D eigenvalue weighted by Crippen LogP contribution is 2.03. The quantitative estimate of drug-likeness (QED) is 0.544. The molecule has 0 unspecified atom stereocenters. The van der Waals surface area contributed by atoms with Gasteiger partial charge in [-0.3, -0.25) is 4.79 Å². The van der Waals surface area contributed by atoms with E-state index in [0.29, 0.717) is 5.69 Å². The number of hydrogen-bond donors (Lipinski definition) is 3. The van der Waals surface area contributed by atoms with Crippen molar-refractivity contribution >= 4 is 16.0 Å². The molecule has 18 heavy (non-hydrogen) atoms. The van der Waals surface area contributed by atoms with Gasteiger partial charge in [0.2, 0.25) is 10.0 Å². The fraction of sp³-hybridized carbons (Fsp3) is 0.556. The van der Waals surface area contributed by atoms with Gasteiger partial charge in [0.05, 0.1) is 12.1 Å². The number of aliphatic carboxylic acids is 1. The van der Waals surface area contributed by atoms with E-state index in [0.717, 1.165) is 0 Å². The predicted octanol–water partition coefficient (Wildman–Crippen LogP) is -1.71. The number of aromatic nitrogens is 2. The fourth-order valence-electron chi connectivity index (χ4n) is 1.40. The molecule has 102 valence electrons. The number of nitrogens with zero attached hydrogens (tertiary/aromatic N) is 2. The zero-order chi connectivity index (χ0) is 13.8. The van der Waals surface area contributed by atoms with Gasteiger partial charge in [-0.05, 0) is 0 Å². The van der Waals surface area contributed by atoms with E-state index in [1.807, 2.05) is 0 Å². The third-order valence-electron chi connectivity index (χ3n) is 2.34. The molecule has 1 atom stereocenters. The number of hydrogen-bond acceptors (Lipinski definition) is 5. The predicted molar refractivity (Wildman–Crippen MR) is 64.3 cm³/mol. The second kappa shape index (κ2) is 5.94. The Labute approximate surface area is 105 Å². The van der Waals surface area contributed by atoms with Gasteiger partial charge in [0, 0.05) is 31.9 Å². The van der Waals surface area contributed by atoms with Crippen LogP contribution in [0, 0.1) is 0 Å². The molecule has 0 aliphatic rings. The molecule has 0 spiro atoms. The second-order valence-electron chi connectivity index (χ2n) is 3.82. The number of aryl methyl sites for hydroxylation is 1. The largest absolute Gasteiger partial charge is 0.480 e. The van der Waals surface area contributed by atoms with Crippen molar-refractivity contribution in [3.63, 3.8) is 0 Å². The summed E-state index contributed by atoms with van der Waals surface area (Å²) in [6.45, 7) is -0.0621. The lowest BCUT2D eigenvalue weighted by Crippen LogP contribution is -2.44. The first kappa shape index (κ1) is 14.6. The zero-order valence-electron chi connectivity index (χ0n) is 9.91. The minimum atomic E-state index is -3.68. The molecular weight excluding hydrogens is 260 g/mol. The first-order valence-corrected chi connectivity index (χ1v) is 6.89. The Morgan fingerprint density at radius 1 is 1.67 bits per heavy atom. The van der Waals surface area contributed by atoms with Gasteiger partial charge in [-0.1, -0.05) is 0 Å². The van der Waals surface area contributed by atoms with Gasteiger partial charge in [-0.25, -0.2) is 18.1 Å². The van der Waals surface area contributed by atoms with Crippen LogP contribution in [-0.2, 0) is 28.3 Å². The molecule has 0 amide bonds. The smallest absolute Gasteiger partial charge is 0.322 e. The van der Waals surface area contributed by atoms with Crippen LogP contribution in [0.25, 0.3) is 0 Å². The SMILES string of the molecule is Cn1cncc1C[C@H](NS(=O)(=O)CCN)C(=O)O. The van der Waals surface area contributed by atoms with E-state index < -0.39 is 22.0 Å². The summed E-state index contributed by atoms with van der Waals surface area (Å²) in [5.41, 5.74) is 5.77. The van der Waals surface area contributed by atoms with E-state index in [1.165, 1.54) is 12.5 Å². The van der Waals surface area contributed by atoms with Gasteiger partial charge in [-0.15, -0.1) is 0 Å². The maximum absolute atomic E-state index is 11.5. The molecule has 0 aliphatic carbocycles. The summed E-state index contributed by atoms with van der Waals surface area (Å²) < 4.78 is 26.7. The number of nitrogens with one attached hydrogen (secondary N) is 1. The lowest BCUT2D eigenvalue weighted by atomic mass is 10.2. The van der Waals surface area contributed by atoms with Crippen LogP contribution < -0.4 is 10.5 Å². The summed E-state index contributed by atoms with van der Waals surface area (Å²) in [4.78, 5) is 14.9. The molecule has 1 rings (SSSR count). The van der Waals surface area contributed by atoms with Gasteiger partial charge in [-0.2, -0.15) is 0 Å². The first-order chi connectivity index (χ1) is 8.35. The lowest BCUT2D eigenvalue weighted by molar-refractivity contribution is -0.138. The van der Waals surface area contributed by atoms with Gasteiger partial charge in [0.15, 0.2) is 0 Å². The summed E-state index contributed by atoms with van der Waals surface area (Å²) in [7, 11) is -1.97. The summed E-state index contributed by atoms with van der Waals surface area (Å²) in [6, 6.07) is -1.23. The maximum Gasteiger partial charge on any atom is 0.322 e. The van der Waals surface area contributed by atoms with Crippen LogP contribution in [0.1, 0.15) is 5.69 Å². The summed E-state index contributed by atoms with van der Waals surface area (Å²) in [6.07, 6.45) is 3.03. The second-order valence-corrected chi connectivity index (χ2v) is 5.69. The minimum absolute atomic E-state index is 0.0234. The Hall–Kier alpha value is -1.45. The van der Waals surface area contributed by atoms with E-state index in [4.69, 9.17) is 10.8 Å². The van der Waals surface area contributed by atoms with Crippen molar-refractivity contribution < 1.29 is 18.3 Å². The third kappa shape index (κ3) is 4.09. The molecule has 0 bridgehead atoms. The van der Waals surface area contributed by atoms with Crippen LogP contribution in [0.3, 0.4) is 0 Å². The van der Waals surface area contributed by atoms with Crippen molar-refractivity contribution in [2.45, 2.75) is 12.5 Å². The van der Waals surface area contributed by atoms with Gasteiger partial charge >= 0.3 is 5.97 Å². The van der Waals surface area contributed by atoms with E-state index in [-0.39, 0.29) is 18.7 Å². The van der Waals surface area contributed by atoms with Crippen LogP contribution in [0.15, 0.2) is 12.5 Å². The lowest BCUT2D eigenvalue weighted by Gasteiger charge is -2.14. The van der Waals surface area contributed by atoms with Crippen LogP contribution in [0.4, 0.5) is 0 Å². The normalized spacial score (nSPS) is 13.4. The first-order valence-electron chi connectivity index (χ1n) is 5.24. The van der Waals surface area contributed by atoms with Crippen molar-refractivity contribution in [2.24, 2.45) is 12.8 Å². The molecular formula is C9H16N4O4S. The van der Waals surface area contributed by atoms with E-state index in [1.54, 1.807) is 11.6 Å². The number of nitrogens with two attached hydrogens (primary N) is 1.